The van der Waals surface area contributed by atoms with Crippen molar-refractivity contribution in [1.82, 2.24) is 0 Å². The Morgan fingerprint density at radius 3 is 2.22 bits per heavy atom. The Labute approximate surface area is 220 Å². The number of rotatable bonds is 0. The van der Waals surface area contributed by atoms with E-state index in [4.69, 9.17) is 9.47 Å². The second-order valence-corrected chi connectivity index (χ2v) is 14.8. The topological polar surface area (TPSA) is 113 Å². The van der Waals surface area contributed by atoms with Crippen LogP contribution in [0.1, 0.15) is 93.4 Å². The third kappa shape index (κ3) is 2.78. The number of aliphatic hydroxyl groups is 3. The highest BCUT2D eigenvalue weighted by atomic mass is 16.7. The number of ether oxygens (including phenoxy) is 2. The normalized spacial score (nSPS) is 56.5. The molecule has 7 nitrogen and oxygen atoms in total. The minimum absolute atomic E-state index is 0.0235. The summed E-state index contributed by atoms with van der Waals surface area (Å²) in [6, 6.07) is 0. The van der Waals surface area contributed by atoms with Crippen LogP contribution in [0, 0.1) is 39.4 Å². The number of hydrogen-bond acceptors (Lipinski definition) is 7. The highest BCUT2D eigenvalue weighted by Gasteiger charge is 2.79. The average molecular weight is 517 g/mol. The van der Waals surface area contributed by atoms with Crippen LogP contribution in [0.5, 0.6) is 0 Å². The largest absolute Gasteiger partial charge is 0.433 e. The lowest BCUT2D eigenvalue weighted by Crippen LogP contribution is -2.63. The Bertz CT molecular complexity index is 1110. The average Bonchev–Trinajstić information content (AvgIpc) is 3.28. The van der Waals surface area contributed by atoms with Gasteiger partial charge in [-0.15, -0.1) is 0 Å². The van der Waals surface area contributed by atoms with Crippen molar-refractivity contribution in [1.29, 1.82) is 0 Å². The van der Waals surface area contributed by atoms with Crippen molar-refractivity contribution >= 4 is 11.8 Å². The third-order valence-electron chi connectivity index (χ3n) is 12.8. The predicted molar refractivity (Wildman–Crippen MR) is 135 cm³/mol. The molecule has 2 saturated heterocycles. The number of carbonyl (C=O) groups is 2. The molecule has 3 N–H and O–H groups in total. The first-order valence-electron chi connectivity index (χ1n) is 14.2. The molecular weight excluding hydrogens is 472 g/mol. The molecule has 2 heterocycles. The van der Waals surface area contributed by atoms with Crippen LogP contribution in [0.2, 0.25) is 0 Å². The zero-order valence-corrected chi connectivity index (χ0v) is 23.4. The molecule has 11 atom stereocenters. The van der Waals surface area contributed by atoms with Crippen LogP contribution in [-0.4, -0.2) is 56.8 Å². The van der Waals surface area contributed by atoms with E-state index in [0.717, 1.165) is 0 Å². The summed E-state index contributed by atoms with van der Waals surface area (Å²) >= 11 is 0. The number of fused-ring (bicyclic) bond motifs is 5. The van der Waals surface area contributed by atoms with E-state index in [9.17, 15) is 24.9 Å². The van der Waals surface area contributed by atoms with E-state index in [1.54, 1.807) is 0 Å². The minimum atomic E-state index is -1.02. The summed E-state index contributed by atoms with van der Waals surface area (Å²) in [5.41, 5.74) is -2.07. The predicted octanol–water partition coefficient (Wildman–Crippen LogP) is 3.68. The van der Waals surface area contributed by atoms with Crippen molar-refractivity contribution in [3.8, 4) is 0 Å². The maximum atomic E-state index is 14.3. The van der Waals surface area contributed by atoms with Crippen molar-refractivity contribution in [3.05, 3.63) is 11.1 Å². The van der Waals surface area contributed by atoms with Crippen molar-refractivity contribution in [3.63, 3.8) is 0 Å². The van der Waals surface area contributed by atoms with Gasteiger partial charge in [0.2, 0.25) is 5.79 Å². The molecule has 37 heavy (non-hydrogen) atoms. The fourth-order valence-electron chi connectivity index (χ4n) is 10.6. The number of ketones is 1. The Hall–Kier alpha value is -1.28. The standard InChI is InChI=1S/C30H44O7/c1-15-11-29(36-24(15)35)12-16(2)30(37-29)14-21(34)28(7)23-17(31)10-19-25(3,4)20(33)8-9-26(19,5)22(23)18(32)13-27(28,30)6/h15-17,19-21,31,33-34H,8-14H2,1-7H3/t15?,16-,17+,19+,20+,21+,26+,27+,28+,29+,30+/m1/s1. The maximum absolute atomic E-state index is 14.3. The van der Waals surface area contributed by atoms with E-state index in [1.165, 1.54) is 0 Å². The summed E-state index contributed by atoms with van der Waals surface area (Å²) in [4.78, 5) is 26.7. The van der Waals surface area contributed by atoms with Gasteiger partial charge in [-0.05, 0) is 47.5 Å². The smallest absolute Gasteiger partial charge is 0.311 e. The molecule has 0 aromatic carbocycles. The summed E-state index contributed by atoms with van der Waals surface area (Å²) in [6.45, 7) is 14.2. The number of esters is 1. The number of allylic oxidation sites excluding steroid dienone is 1. The summed E-state index contributed by atoms with van der Waals surface area (Å²) in [6.07, 6.45) is 1.10. The van der Waals surface area contributed by atoms with E-state index in [-0.39, 0.29) is 35.9 Å². The highest BCUT2D eigenvalue weighted by Crippen LogP contribution is 2.75. The van der Waals surface area contributed by atoms with Gasteiger partial charge >= 0.3 is 5.97 Å². The quantitative estimate of drug-likeness (QED) is 0.421. The molecule has 2 saturated carbocycles. The van der Waals surface area contributed by atoms with Gasteiger partial charge in [0, 0.05) is 42.1 Å². The number of Topliss-reactive ketones (excluding diaryl/α,β-unsaturated/α-hetero) is 1. The number of hydrogen-bond donors (Lipinski definition) is 3. The van der Waals surface area contributed by atoms with Crippen LogP contribution in [0.3, 0.4) is 0 Å². The summed E-state index contributed by atoms with van der Waals surface area (Å²) in [7, 11) is 0. The molecule has 1 unspecified atom stereocenters. The first-order valence-corrected chi connectivity index (χ1v) is 14.2. The fourth-order valence-corrected chi connectivity index (χ4v) is 10.6. The molecule has 206 valence electrons. The van der Waals surface area contributed by atoms with Crippen LogP contribution in [-0.2, 0) is 19.1 Å². The van der Waals surface area contributed by atoms with E-state index in [1.807, 2.05) is 27.7 Å². The molecule has 4 aliphatic carbocycles. The molecule has 6 rings (SSSR count). The van der Waals surface area contributed by atoms with Gasteiger partial charge in [0.15, 0.2) is 5.78 Å². The van der Waals surface area contributed by atoms with Crippen LogP contribution in [0.4, 0.5) is 0 Å². The Morgan fingerprint density at radius 2 is 1.59 bits per heavy atom. The monoisotopic (exact) mass is 516 g/mol. The lowest BCUT2D eigenvalue weighted by Gasteiger charge is -2.63. The van der Waals surface area contributed by atoms with E-state index in [0.29, 0.717) is 49.7 Å². The number of carbonyl (C=O) groups excluding carboxylic acids is 2. The van der Waals surface area contributed by atoms with Crippen LogP contribution in [0.25, 0.3) is 0 Å². The zero-order chi connectivity index (χ0) is 27.1. The van der Waals surface area contributed by atoms with Gasteiger partial charge in [-0.25, -0.2) is 0 Å². The summed E-state index contributed by atoms with van der Waals surface area (Å²) < 4.78 is 12.7. The molecule has 0 amide bonds. The lowest BCUT2D eigenvalue weighted by molar-refractivity contribution is -0.254. The van der Waals surface area contributed by atoms with Crippen molar-refractivity contribution in [2.24, 2.45) is 39.4 Å². The van der Waals surface area contributed by atoms with Crippen molar-refractivity contribution < 1.29 is 34.4 Å². The molecule has 2 aliphatic heterocycles. The molecule has 0 bridgehead atoms. The van der Waals surface area contributed by atoms with Gasteiger partial charge in [-0.3, -0.25) is 9.59 Å². The molecule has 6 aliphatic rings. The van der Waals surface area contributed by atoms with Crippen LogP contribution < -0.4 is 0 Å². The molecule has 4 fully saturated rings. The third-order valence-corrected chi connectivity index (χ3v) is 12.8. The van der Waals surface area contributed by atoms with Gasteiger partial charge in [0.05, 0.1) is 29.8 Å². The van der Waals surface area contributed by atoms with Crippen molar-refractivity contribution in [2.75, 3.05) is 0 Å². The summed E-state index contributed by atoms with van der Waals surface area (Å²) in [5.74, 6) is -1.61. The van der Waals surface area contributed by atoms with Gasteiger partial charge in [-0.2, -0.15) is 0 Å². The zero-order valence-electron chi connectivity index (χ0n) is 23.4. The first-order chi connectivity index (χ1) is 17.0. The van der Waals surface area contributed by atoms with Crippen LogP contribution >= 0.6 is 0 Å². The van der Waals surface area contributed by atoms with Gasteiger partial charge in [-0.1, -0.05) is 48.5 Å². The van der Waals surface area contributed by atoms with Gasteiger partial charge in [0.25, 0.3) is 0 Å². The van der Waals surface area contributed by atoms with E-state index >= 15 is 0 Å². The second-order valence-electron chi connectivity index (χ2n) is 14.8. The van der Waals surface area contributed by atoms with E-state index < -0.39 is 51.4 Å². The molecule has 0 aromatic heterocycles. The van der Waals surface area contributed by atoms with Gasteiger partial charge < -0.3 is 24.8 Å². The molecule has 0 radical (unpaired) electrons. The van der Waals surface area contributed by atoms with Crippen LogP contribution in [0.15, 0.2) is 11.1 Å². The van der Waals surface area contributed by atoms with Crippen molar-refractivity contribution in [2.45, 2.75) is 123 Å². The second kappa shape index (κ2) is 7.26. The Morgan fingerprint density at radius 1 is 0.919 bits per heavy atom. The molecular formula is C30H44O7. The SMILES string of the molecule is CC1C[C@]2(C[C@@H](C)[C@]3(C[C@H](O)[C@@]4(C)C5=C(C(=O)C[C@]34C)[C@@]3(C)CC[C@H](O)C(C)(C)[C@@H]3C[C@@H]5O)O2)OC1=O. The highest BCUT2D eigenvalue weighted by molar-refractivity contribution is 6.00. The molecule has 2 spiro atoms. The molecule has 7 heteroatoms. The van der Waals surface area contributed by atoms with E-state index in [2.05, 4.69) is 20.8 Å². The minimum Gasteiger partial charge on any atom is -0.433 e. The molecule has 0 aromatic rings. The first kappa shape index (κ1) is 26.0. The lowest BCUT2D eigenvalue weighted by atomic mass is 9.42. The van der Waals surface area contributed by atoms with Gasteiger partial charge in [0.1, 0.15) is 0 Å². The Kier molecular flexibility index (Phi) is 5.10. The number of aliphatic hydroxyl groups excluding tert-OH is 3. The fraction of sp³-hybridized carbons (Fsp3) is 0.867. The Balaban J connectivity index is 1.51. The summed E-state index contributed by atoms with van der Waals surface area (Å²) in [5, 5.41) is 34.6. The maximum Gasteiger partial charge on any atom is 0.311 e.